The van der Waals surface area contributed by atoms with E-state index in [1.807, 2.05) is 60.7 Å². The number of aromatic nitrogens is 1. The lowest BCUT2D eigenvalue weighted by Gasteiger charge is -2.26. The Morgan fingerprint density at radius 2 is 1.94 bits per heavy atom. The molecule has 1 aliphatic heterocycles. The number of rotatable bonds is 6. The molecule has 7 nitrogen and oxygen atoms in total. The van der Waals surface area contributed by atoms with E-state index >= 15 is 0 Å². The van der Waals surface area contributed by atoms with Gasteiger partial charge in [0.05, 0.1) is 12.6 Å². The third kappa shape index (κ3) is 4.51. The molecular weight excluding hydrogens is 392 g/mol. The number of aryl methyl sites for hydroxylation is 1. The first-order chi connectivity index (χ1) is 15.1. The summed E-state index contributed by atoms with van der Waals surface area (Å²) < 4.78 is 5.56. The lowest BCUT2D eigenvalue weighted by molar-refractivity contribution is -0.128. The second-order valence-electron chi connectivity index (χ2n) is 7.71. The minimum atomic E-state index is -0.604. The first-order valence-electron chi connectivity index (χ1n) is 10.4. The number of carbonyl (C=O) groups is 2. The minimum absolute atomic E-state index is 0.153. The van der Waals surface area contributed by atoms with Crippen molar-refractivity contribution in [1.29, 1.82) is 0 Å². The predicted molar refractivity (Wildman–Crippen MR) is 118 cm³/mol. The van der Waals surface area contributed by atoms with Gasteiger partial charge in [-0.2, -0.15) is 0 Å². The molecule has 1 aliphatic rings. The molecule has 0 fully saturated rings. The number of likely N-dealkylation sites (N-methyl/N-ethyl adjacent to an activating group) is 1. The SMILES string of the molecule is CNC(C)C(=O)NC1CCc2ccccc2N(Cc2cc(-c3ccccc3)no2)C1=O. The second-order valence-corrected chi connectivity index (χ2v) is 7.71. The number of carbonyl (C=O) groups excluding carboxylic acids is 2. The van der Waals surface area contributed by atoms with Crippen molar-refractivity contribution in [2.45, 2.75) is 38.4 Å². The Labute approximate surface area is 181 Å². The van der Waals surface area contributed by atoms with Crippen molar-refractivity contribution in [2.75, 3.05) is 11.9 Å². The maximum atomic E-state index is 13.5. The number of fused-ring (bicyclic) bond motifs is 1. The van der Waals surface area contributed by atoms with Gasteiger partial charge in [-0.25, -0.2) is 0 Å². The summed E-state index contributed by atoms with van der Waals surface area (Å²) in [5, 5.41) is 9.98. The fourth-order valence-corrected chi connectivity index (χ4v) is 3.73. The van der Waals surface area contributed by atoms with E-state index in [9.17, 15) is 9.59 Å². The van der Waals surface area contributed by atoms with Gasteiger partial charge in [0.15, 0.2) is 5.76 Å². The van der Waals surface area contributed by atoms with E-state index in [-0.39, 0.29) is 24.4 Å². The molecule has 2 heterocycles. The zero-order valence-electron chi connectivity index (χ0n) is 17.7. The molecule has 0 aliphatic carbocycles. The molecule has 2 atom stereocenters. The topological polar surface area (TPSA) is 87.5 Å². The van der Waals surface area contributed by atoms with Crippen LogP contribution in [0.2, 0.25) is 0 Å². The van der Waals surface area contributed by atoms with Gasteiger partial charge in [-0.05, 0) is 38.4 Å². The van der Waals surface area contributed by atoms with Gasteiger partial charge in [0.2, 0.25) is 11.8 Å². The van der Waals surface area contributed by atoms with Crippen LogP contribution in [0.3, 0.4) is 0 Å². The summed E-state index contributed by atoms with van der Waals surface area (Å²) in [6.45, 7) is 2.01. The molecule has 31 heavy (non-hydrogen) atoms. The molecule has 2 amide bonds. The average Bonchev–Trinajstić information content (AvgIpc) is 3.24. The predicted octanol–water partition coefficient (Wildman–Crippen LogP) is 2.91. The number of benzene rings is 2. The molecule has 3 aromatic rings. The van der Waals surface area contributed by atoms with E-state index in [2.05, 4.69) is 15.8 Å². The van der Waals surface area contributed by atoms with E-state index in [4.69, 9.17) is 4.52 Å². The Morgan fingerprint density at radius 3 is 2.71 bits per heavy atom. The zero-order chi connectivity index (χ0) is 21.8. The van der Waals surface area contributed by atoms with Gasteiger partial charge in [-0.1, -0.05) is 53.7 Å². The Balaban J connectivity index is 1.61. The first-order valence-corrected chi connectivity index (χ1v) is 10.4. The highest BCUT2D eigenvalue weighted by Gasteiger charge is 2.32. The van der Waals surface area contributed by atoms with Gasteiger partial charge >= 0.3 is 0 Å². The fourth-order valence-electron chi connectivity index (χ4n) is 3.73. The maximum absolute atomic E-state index is 13.5. The first kappa shape index (κ1) is 20.8. The van der Waals surface area contributed by atoms with E-state index in [0.717, 1.165) is 22.5 Å². The quantitative estimate of drug-likeness (QED) is 0.643. The van der Waals surface area contributed by atoms with Gasteiger partial charge in [0.1, 0.15) is 11.7 Å². The molecule has 2 unspecified atom stereocenters. The molecule has 0 spiro atoms. The number of hydrogen-bond acceptors (Lipinski definition) is 5. The summed E-state index contributed by atoms with van der Waals surface area (Å²) in [6, 6.07) is 18.5. The molecule has 2 aromatic carbocycles. The molecule has 160 valence electrons. The Kier molecular flexibility index (Phi) is 6.13. The van der Waals surface area contributed by atoms with Crippen molar-refractivity contribution in [3.05, 3.63) is 72.0 Å². The lowest BCUT2D eigenvalue weighted by atomic mass is 10.1. The fraction of sp³-hybridized carbons (Fsp3) is 0.292. The van der Waals surface area contributed by atoms with Crippen LogP contribution in [0, 0.1) is 0 Å². The third-order valence-electron chi connectivity index (χ3n) is 5.63. The Bertz CT molecular complexity index is 1060. The van der Waals surface area contributed by atoms with E-state index < -0.39 is 6.04 Å². The van der Waals surface area contributed by atoms with Crippen molar-refractivity contribution in [1.82, 2.24) is 15.8 Å². The largest absolute Gasteiger partial charge is 0.359 e. The number of amides is 2. The molecule has 0 saturated heterocycles. The highest BCUT2D eigenvalue weighted by Crippen LogP contribution is 2.29. The van der Waals surface area contributed by atoms with Crippen LogP contribution in [0.1, 0.15) is 24.7 Å². The molecule has 0 radical (unpaired) electrons. The third-order valence-corrected chi connectivity index (χ3v) is 5.63. The van der Waals surface area contributed by atoms with Crippen molar-refractivity contribution < 1.29 is 14.1 Å². The number of nitrogens with zero attached hydrogens (tertiary/aromatic N) is 2. The smallest absolute Gasteiger partial charge is 0.249 e. The number of hydrogen-bond donors (Lipinski definition) is 2. The molecule has 4 rings (SSSR count). The van der Waals surface area contributed by atoms with E-state index in [1.54, 1.807) is 18.9 Å². The van der Waals surface area contributed by atoms with Gasteiger partial charge in [0.25, 0.3) is 0 Å². The molecule has 2 N–H and O–H groups in total. The number of nitrogens with one attached hydrogen (secondary N) is 2. The van der Waals surface area contributed by atoms with Gasteiger partial charge in [0, 0.05) is 17.3 Å². The van der Waals surface area contributed by atoms with E-state index in [1.165, 1.54) is 0 Å². The molecule has 0 saturated carbocycles. The van der Waals surface area contributed by atoms with Crippen LogP contribution < -0.4 is 15.5 Å². The molecule has 0 bridgehead atoms. The van der Waals surface area contributed by atoms with E-state index in [0.29, 0.717) is 18.6 Å². The van der Waals surface area contributed by atoms with Gasteiger partial charge in [-0.3, -0.25) is 9.59 Å². The van der Waals surface area contributed by atoms with Crippen LogP contribution in [0.25, 0.3) is 11.3 Å². The number of para-hydroxylation sites is 1. The molecular formula is C24H26N4O3. The summed E-state index contributed by atoms with van der Waals surface area (Å²) in [5.41, 5.74) is 3.57. The summed E-state index contributed by atoms with van der Waals surface area (Å²) in [6.07, 6.45) is 1.24. The van der Waals surface area contributed by atoms with Crippen LogP contribution in [0.15, 0.2) is 65.2 Å². The lowest BCUT2D eigenvalue weighted by Crippen LogP contribution is -2.52. The monoisotopic (exact) mass is 418 g/mol. The average molecular weight is 418 g/mol. The zero-order valence-corrected chi connectivity index (χ0v) is 17.7. The van der Waals surface area contributed by atoms with Crippen molar-refractivity contribution in [3.8, 4) is 11.3 Å². The Morgan fingerprint density at radius 1 is 1.19 bits per heavy atom. The Hall–Kier alpha value is -3.45. The van der Waals surface area contributed by atoms with Crippen LogP contribution in [-0.2, 0) is 22.6 Å². The summed E-state index contributed by atoms with van der Waals surface area (Å²) in [7, 11) is 1.72. The molecule has 1 aromatic heterocycles. The van der Waals surface area contributed by atoms with Crippen LogP contribution >= 0.6 is 0 Å². The van der Waals surface area contributed by atoms with Crippen LogP contribution in [0.4, 0.5) is 5.69 Å². The van der Waals surface area contributed by atoms with Crippen molar-refractivity contribution >= 4 is 17.5 Å². The summed E-state index contributed by atoms with van der Waals surface area (Å²) >= 11 is 0. The minimum Gasteiger partial charge on any atom is -0.359 e. The standard InChI is InChI=1S/C24H26N4O3/c1-16(25-2)23(29)26-20-13-12-18-10-6-7-11-22(18)28(24(20)30)15-19-14-21(27-31-19)17-8-4-3-5-9-17/h3-11,14,16,20,25H,12-13,15H2,1-2H3,(H,26,29). The van der Waals surface area contributed by atoms with Gasteiger partial charge in [-0.15, -0.1) is 0 Å². The normalized spacial score (nSPS) is 17.0. The van der Waals surface area contributed by atoms with Crippen LogP contribution in [-0.4, -0.2) is 36.1 Å². The second kappa shape index (κ2) is 9.14. The highest BCUT2D eigenvalue weighted by molar-refractivity contribution is 6.00. The summed E-state index contributed by atoms with van der Waals surface area (Å²) in [5.74, 6) is 0.231. The van der Waals surface area contributed by atoms with Gasteiger partial charge < -0.3 is 20.1 Å². The maximum Gasteiger partial charge on any atom is 0.249 e. The van der Waals surface area contributed by atoms with Crippen LogP contribution in [0.5, 0.6) is 0 Å². The highest BCUT2D eigenvalue weighted by atomic mass is 16.5. The number of anilines is 1. The summed E-state index contributed by atoms with van der Waals surface area (Å²) in [4.78, 5) is 27.6. The molecule has 7 heteroatoms. The van der Waals surface area contributed by atoms with Crippen molar-refractivity contribution in [2.24, 2.45) is 0 Å². The van der Waals surface area contributed by atoms with Crippen molar-refractivity contribution in [3.63, 3.8) is 0 Å².